The lowest BCUT2D eigenvalue weighted by Crippen LogP contribution is -2.30. The molecule has 3 N–H and O–H groups in total. The lowest BCUT2D eigenvalue weighted by atomic mass is 10.0. The van der Waals surface area contributed by atoms with Crippen LogP contribution in [0.25, 0.3) is 11.4 Å². The van der Waals surface area contributed by atoms with Gasteiger partial charge in [-0.1, -0.05) is 35.9 Å². The van der Waals surface area contributed by atoms with E-state index < -0.39 is 6.04 Å². The maximum atomic E-state index is 12.5. The maximum absolute atomic E-state index is 12.5. The van der Waals surface area contributed by atoms with Crippen molar-refractivity contribution in [3.8, 4) is 11.4 Å². The van der Waals surface area contributed by atoms with Crippen LogP contribution in [0.15, 0.2) is 42.5 Å². The van der Waals surface area contributed by atoms with Crippen molar-refractivity contribution < 1.29 is 4.79 Å². The molecule has 27 heavy (non-hydrogen) atoms. The molecular weight excluding hydrogens is 364 g/mol. The topological polar surface area (TPSA) is 95.6 Å². The second-order valence-electron chi connectivity index (χ2n) is 6.60. The van der Waals surface area contributed by atoms with E-state index in [9.17, 15) is 4.79 Å². The van der Waals surface area contributed by atoms with Gasteiger partial charge in [-0.3, -0.25) is 4.79 Å². The van der Waals surface area contributed by atoms with Gasteiger partial charge in [0, 0.05) is 23.3 Å². The number of rotatable bonds is 6. The molecule has 0 bridgehead atoms. The van der Waals surface area contributed by atoms with Gasteiger partial charge in [0.1, 0.15) is 6.04 Å². The lowest BCUT2D eigenvalue weighted by Gasteiger charge is -2.20. The first-order chi connectivity index (χ1) is 13.1. The molecule has 2 aromatic carbocycles. The van der Waals surface area contributed by atoms with Gasteiger partial charge in [-0.25, -0.2) is 0 Å². The summed E-state index contributed by atoms with van der Waals surface area (Å²) < 4.78 is 0. The number of hydrogen-bond donors (Lipinski definition) is 3. The fraction of sp³-hybridized carbons (Fsp3) is 0.263. The van der Waals surface area contributed by atoms with E-state index in [0.29, 0.717) is 16.8 Å². The summed E-state index contributed by atoms with van der Waals surface area (Å²) in [5, 5.41) is 20.6. The van der Waals surface area contributed by atoms with Crippen LogP contribution in [0.1, 0.15) is 35.9 Å². The molecule has 8 heteroatoms. The van der Waals surface area contributed by atoms with Crippen LogP contribution in [0.5, 0.6) is 0 Å². The van der Waals surface area contributed by atoms with E-state index in [1.165, 1.54) is 18.4 Å². The van der Waals surface area contributed by atoms with Crippen molar-refractivity contribution in [2.45, 2.75) is 24.8 Å². The van der Waals surface area contributed by atoms with Gasteiger partial charge in [0.25, 0.3) is 0 Å². The lowest BCUT2D eigenvalue weighted by molar-refractivity contribution is -0.121. The summed E-state index contributed by atoms with van der Waals surface area (Å²) in [5.74, 6) is 0.960. The van der Waals surface area contributed by atoms with E-state index in [4.69, 9.17) is 11.6 Å². The molecule has 1 saturated carbocycles. The normalized spacial score (nSPS) is 14.6. The number of carbonyl (C=O) groups is 1. The first-order valence-corrected chi connectivity index (χ1v) is 9.14. The number of carbonyl (C=O) groups excluding carboxylic acids is 1. The number of nitrogens with zero attached hydrogens (tertiary/aromatic N) is 3. The molecular formula is C19H19ClN6O. The van der Waals surface area contributed by atoms with Gasteiger partial charge in [0.15, 0.2) is 0 Å². The summed E-state index contributed by atoms with van der Waals surface area (Å²) >= 11 is 6.28. The fourth-order valence-electron chi connectivity index (χ4n) is 3.07. The predicted octanol–water partition coefficient (Wildman–Crippen LogP) is 3.30. The summed E-state index contributed by atoms with van der Waals surface area (Å²) in [6.45, 7) is 0. The molecule has 3 aromatic rings. The highest BCUT2D eigenvalue weighted by molar-refractivity contribution is 6.31. The minimum Gasteiger partial charge on any atom is -0.370 e. The molecule has 0 aliphatic heterocycles. The van der Waals surface area contributed by atoms with Crippen LogP contribution in [0, 0.1) is 0 Å². The molecule has 0 saturated heterocycles. The Hall–Kier alpha value is -2.93. The Morgan fingerprint density at radius 1 is 1.22 bits per heavy atom. The molecule has 1 aliphatic rings. The van der Waals surface area contributed by atoms with E-state index in [1.807, 2.05) is 36.4 Å². The number of aromatic amines is 1. The molecule has 0 radical (unpaired) electrons. The summed E-state index contributed by atoms with van der Waals surface area (Å²) in [7, 11) is 1.62. The average molecular weight is 383 g/mol. The Bertz CT molecular complexity index is 937. The van der Waals surface area contributed by atoms with E-state index in [2.05, 4.69) is 37.3 Å². The van der Waals surface area contributed by atoms with Gasteiger partial charge < -0.3 is 10.6 Å². The highest BCUT2D eigenvalue weighted by atomic mass is 35.5. The monoisotopic (exact) mass is 382 g/mol. The minimum absolute atomic E-state index is 0.129. The quantitative estimate of drug-likeness (QED) is 0.608. The van der Waals surface area contributed by atoms with Crippen molar-refractivity contribution in [2.75, 3.05) is 12.4 Å². The third-order valence-corrected chi connectivity index (χ3v) is 4.85. The molecule has 0 unspecified atom stereocenters. The number of H-pyrrole nitrogens is 1. The Kier molecular flexibility index (Phi) is 4.77. The largest absolute Gasteiger partial charge is 0.370 e. The number of halogens is 1. The summed E-state index contributed by atoms with van der Waals surface area (Å²) in [6.07, 6.45) is 2.38. The van der Waals surface area contributed by atoms with Gasteiger partial charge in [-0.15, -0.1) is 10.2 Å². The number of aromatic nitrogens is 4. The van der Waals surface area contributed by atoms with Gasteiger partial charge >= 0.3 is 0 Å². The zero-order valence-electron chi connectivity index (χ0n) is 14.7. The molecule has 1 atom stereocenters. The third-order valence-electron chi connectivity index (χ3n) is 4.64. The summed E-state index contributed by atoms with van der Waals surface area (Å²) in [6, 6.07) is 12.9. The van der Waals surface area contributed by atoms with E-state index in [1.54, 1.807) is 7.05 Å². The number of benzene rings is 2. The first-order valence-electron chi connectivity index (χ1n) is 8.76. The predicted molar refractivity (Wildman–Crippen MR) is 103 cm³/mol. The third kappa shape index (κ3) is 3.93. The molecule has 7 nitrogen and oxygen atoms in total. The van der Waals surface area contributed by atoms with Crippen LogP contribution in [0.4, 0.5) is 5.69 Å². The van der Waals surface area contributed by atoms with Crippen LogP contribution < -0.4 is 10.6 Å². The highest BCUT2D eigenvalue weighted by Gasteiger charge is 2.25. The Morgan fingerprint density at radius 3 is 2.63 bits per heavy atom. The molecule has 1 amide bonds. The standard InChI is InChI=1S/C19H19ClN6O/c1-21-19(27)17(12-4-6-13(7-5-12)18-23-25-26-24-18)22-16-9-14(11-2-3-11)8-15(20)10-16/h4-11,17,22H,2-3H2,1H3,(H,21,27)(H,23,24,25,26)/t17-/m1/s1. The molecule has 0 spiro atoms. The zero-order valence-corrected chi connectivity index (χ0v) is 15.5. The SMILES string of the molecule is CNC(=O)[C@H](Nc1cc(Cl)cc(C2CC2)c1)c1ccc(-c2nn[nH]n2)cc1. The average Bonchev–Trinajstić information content (AvgIpc) is 3.40. The molecule has 138 valence electrons. The zero-order chi connectivity index (χ0) is 18.8. The van der Waals surface area contributed by atoms with Crippen molar-refractivity contribution in [2.24, 2.45) is 0 Å². The van der Waals surface area contributed by atoms with Crippen LogP contribution in [0.3, 0.4) is 0 Å². The minimum atomic E-state index is -0.542. The van der Waals surface area contributed by atoms with Crippen molar-refractivity contribution in [1.29, 1.82) is 0 Å². The highest BCUT2D eigenvalue weighted by Crippen LogP contribution is 2.42. The van der Waals surface area contributed by atoms with Gasteiger partial charge in [0.2, 0.25) is 11.7 Å². The van der Waals surface area contributed by atoms with Gasteiger partial charge in [-0.05, 0) is 53.3 Å². The number of tetrazole rings is 1. The fourth-order valence-corrected chi connectivity index (χ4v) is 3.31. The molecule has 1 fully saturated rings. The first kappa shape index (κ1) is 17.5. The smallest absolute Gasteiger partial charge is 0.246 e. The number of anilines is 1. The van der Waals surface area contributed by atoms with Crippen molar-refractivity contribution >= 4 is 23.2 Å². The number of likely N-dealkylation sites (N-methyl/N-ethyl adjacent to an activating group) is 1. The second kappa shape index (κ2) is 7.36. The molecule has 1 aromatic heterocycles. The van der Waals surface area contributed by atoms with Crippen molar-refractivity contribution in [3.63, 3.8) is 0 Å². The van der Waals surface area contributed by atoms with E-state index in [0.717, 1.165) is 16.8 Å². The van der Waals surface area contributed by atoms with Crippen LogP contribution in [0.2, 0.25) is 5.02 Å². The molecule has 1 heterocycles. The number of nitrogens with one attached hydrogen (secondary N) is 3. The van der Waals surface area contributed by atoms with E-state index in [-0.39, 0.29) is 5.91 Å². The van der Waals surface area contributed by atoms with Gasteiger partial charge in [-0.2, -0.15) is 5.21 Å². The van der Waals surface area contributed by atoms with E-state index >= 15 is 0 Å². The Labute approximate surface area is 161 Å². The number of hydrogen-bond acceptors (Lipinski definition) is 5. The Balaban J connectivity index is 1.61. The van der Waals surface area contributed by atoms with Crippen molar-refractivity contribution in [3.05, 3.63) is 58.6 Å². The number of amides is 1. The second-order valence-corrected chi connectivity index (χ2v) is 7.03. The summed E-state index contributed by atoms with van der Waals surface area (Å²) in [4.78, 5) is 12.5. The summed E-state index contributed by atoms with van der Waals surface area (Å²) in [5.41, 5.74) is 3.70. The maximum Gasteiger partial charge on any atom is 0.246 e. The van der Waals surface area contributed by atoms with Gasteiger partial charge in [0.05, 0.1) is 0 Å². The van der Waals surface area contributed by atoms with Crippen LogP contribution in [-0.4, -0.2) is 33.6 Å². The van der Waals surface area contributed by atoms with Crippen molar-refractivity contribution in [1.82, 2.24) is 25.9 Å². The van der Waals surface area contributed by atoms with Crippen LogP contribution >= 0.6 is 11.6 Å². The molecule has 4 rings (SSSR count). The molecule has 1 aliphatic carbocycles. The van der Waals surface area contributed by atoms with Crippen LogP contribution in [-0.2, 0) is 4.79 Å². The Morgan fingerprint density at radius 2 is 2.00 bits per heavy atom.